The van der Waals surface area contributed by atoms with E-state index in [1.54, 1.807) is 12.1 Å². The van der Waals surface area contributed by atoms with Gasteiger partial charge in [-0.15, -0.1) is 0 Å². The number of primary sulfonamides is 1. The maximum Gasteiger partial charge on any atom is 0.337 e. The number of aromatic carboxylic acids is 1. The molecule has 0 spiro atoms. The van der Waals surface area contributed by atoms with Gasteiger partial charge in [0.1, 0.15) is 16.4 Å². The van der Waals surface area contributed by atoms with E-state index in [2.05, 4.69) is 0 Å². The van der Waals surface area contributed by atoms with Gasteiger partial charge in [-0.05, 0) is 49.1 Å². The molecular formula is C25H28N2O8S. The number of nitrogens with two attached hydrogens (primary N) is 2. The van der Waals surface area contributed by atoms with Crippen LogP contribution in [0.2, 0.25) is 0 Å². The number of carbonyl (C=O) groups is 1. The third-order valence-electron chi connectivity index (χ3n) is 5.74. The van der Waals surface area contributed by atoms with Crippen LogP contribution < -0.4 is 20.3 Å². The van der Waals surface area contributed by atoms with Crippen LogP contribution in [0.3, 0.4) is 0 Å². The maximum atomic E-state index is 12.7. The number of methoxy groups -OCH3 is 2. The molecule has 0 radical (unpaired) electrons. The van der Waals surface area contributed by atoms with Crippen molar-refractivity contribution in [3.05, 3.63) is 70.8 Å². The van der Waals surface area contributed by atoms with Crippen molar-refractivity contribution in [1.82, 2.24) is 0 Å². The van der Waals surface area contributed by atoms with Gasteiger partial charge in [-0.2, -0.15) is 0 Å². The third-order valence-corrected chi connectivity index (χ3v) is 6.73. The quantitative estimate of drug-likeness (QED) is 0.266. The highest BCUT2D eigenvalue weighted by atomic mass is 32.2. The number of sulfonamides is 1. The summed E-state index contributed by atoms with van der Waals surface area (Å²) in [4.78, 5) is 11.3. The molecular weight excluding hydrogens is 488 g/mol. The lowest BCUT2D eigenvalue weighted by Crippen LogP contribution is -2.32. The minimum Gasteiger partial charge on any atom is -0.507 e. The standard InChI is InChI=1S/C25H28N2O8S/c1-25(26,31)18-6-4-5-16(22(18)28)21-15(10-11-17(24(29)30)23(21)36(27,32)33)9-7-14-8-12-19(34-2)20(13-14)35-3/h4-6,8,10-13,28,31H,7,9,26H2,1-3H3,(H,29,30)(H2,27,32,33). The minimum absolute atomic E-state index is 0.0346. The minimum atomic E-state index is -4.57. The number of aliphatic hydroxyl groups is 1. The van der Waals surface area contributed by atoms with E-state index in [9.17, 15) is 28.5 Å². The number of carboxylic acids is 1. The van der Waals surface area contributed by atoms with Gasteiger partial charge >= 0.3 is 5.97 Å². The lowest BCUT2D eigenvalue weighted by molar-refractivity contribution is 0.0620. The second kappa shape index (κ2) is 10.2. The summed E-state index contributed by atoms with van der Waals surface area (Å²) < 4.78 is 35.9. The van der Waals surface area contributed by atoms with E-state index in [0.29, 0.717) is 23.5 Å². The highest BCUT2D eigenvalue weighted by Gasteiger charge is 2.30. The van der Waals surface area contributed by atoms with Crippen molar-refractivity contribution in [3.63, 3.8) is 0 Å². The second-order valence-corrected chi connectivity index (χ2v) is 9.86. The van der Waals surface area contributed by atoms with Crippen molar-refractivity contribution in [2.75, 3.05) is 14.2 Å². The lowest BCUT2D eigenvalue weighted by atomic mass is 9.90. The molecule has 0 saturated carbocycles. The summed E-state index contributed by atoms with van der Waals surface area (Å²) in [7, 11) is -1.55. The van der Waals surface area contributed by atoms with Crippen LogP contribution in [-0.4, -0.2) is 43.9 Å². The summed E-state index contributed by atoms with van der Waals surface area (Å²) in [6, 6.07) is 12.2. The zero-order valence-electron chi connectivity index (χ0n) is 20.0. The van der Waals surface area contributed by atoms with Crippen molar-refractivity contribution < 1.29 is 38.0 Å². The van der Waals surface area contributed by atoms with Crippen LogP contribution in [0, 0.1) is 0 Å². The molecule has 1 atom stereocenters. The Balaban J connectivity index is 2.26. The van der Waals surface area contributed by atoms with Crippen LogP contribution in [0.1, 0.15) is 34.0 Å². The highest BCUT2D eigenvalue weighted by Crippen LogP contribution is 2.42. The molecule has 0 amide bonds. The Hall–Kier alpha value is -3.64. The van der Waals surface area contributed by atoms with Gasteiger partial charge in [0.05, 0.1) is 19.8 Å². The number of aryl methyl sites for hydroxylation is 2. The van der Waals surface area contributed by atoms with E-state index in [0.717, 1.165) is 11.6 Å². The molecule has 0 aromatic heterocycles. The van der Waals surface area contributed by atoms with Gasteiger partial charge in [0.15, 0.2) is 11.5 Å². The average Bonchev–Trinajstić information content (AvgIpc) is 2.80. The molecule has 0 saturated heterocycles. The number of para-hydroxylation sites is 1. The number of carboxylic acid groups (broad SMARTS) is 1. The van der Waals surface area contributed by atoms with Crippen LogP contribution in [0.5, 0.6) is 17.2 Å². The summed E-state index contributed by atoms with van der Waals surface area (Å²) in [5.74, 6) is -0.949. The van der Waals surface area contributed by atoms with Crippen molar-refractivity contribution in [1.29, 1.82) is 0 Å². The number of aromatic hydroxyl groups is 1. The van der Waals surface area contributed by atoms with Crippen LogP contribution in [-0.2, 0) is 28.6 Å². The molecule has 192 valence electrons. The van der Waals surface area contributed by atoms with Crippen molar-refractivity contribution in [2.24, 2.45) is 10.9 Å². The Morgan fingerprint density at radius 3 is 2.25 bits per heavy atom. The summed E-state index contributed by atoms with van der Waals surface area (Å²) in [6.07, 6.45) is 0.648. The van der Waals surface area contributed by atoms with Crippen molar-refractivity contribution in [3.8, 4) is 28.4 Å². The van der Waals surface area contributed by atoms with Crippen molar-refractivity contribution >= 4 is 16.0 Å². The molecule has 0 bridgehead atoms. The summed E-state index contributed by atoms with van der Waals surface area (Å²) >= 11 is 0. The maximum absolute atomic E-state index is 12.7. The zero-order chi connectivity index (χ0) is 26.8. The molecule has 0 heterocycles. The predicted octanol–water partition coefficient (Wildman–Crippen LogP) is 2.33. The molecule has 0 fully saturated rings. The van der Waals surface area contributed by atoms with Gasteiger partial charge in [0, 0.05) is 16.7 Å². The van der Waals surface area contributed by atoms with Crippen LogP contribution >= 0.6 is 0 Å². The molecule has 0 aliphatic heterocycles. The Labute approximate surface area is 208 Å². The van der Waals surface area contributed by atoms with Gasteiger partial charge < -0.3 is 24.8 Å². The first-order valence-corrected chi connectivity index (χ1v) is 12.3. The van der Waals surface area contributed by atoms with Gasteiger partial charge in [-0.25, -0.2) is 18.4 Å². The number of rotatable bonds is 9. The van der Waals surface area contributed by atoms with Gasteiger partial charge in [0.2, 0.25) is 10.0 Å². The van der Waals surface area contributed by atoms with Crippen LogP contribution in [0.4, 0.5) is 0 Å². The second-order valence-electron chi connectivity index (χ2n) is 8.37. The Kier molecular flexibility index (Phi) is 7.60. The van der Waals surface area contributed by atoms with Crippen LogP contribution in [0.25, 0.3) is 11.1 Å². The Morgan fingerprint density at radius 2 is 1.69 bits per heavy atom. The van der Waals surface area contributed by atoms with E-state index >= 15 is 0 Å². The van der Waals surface area contributed by atoms with Gasteiger partial charge in [0.25, 0.3) is 0 Å². The zero-order valence-corrected chi connectivity index (χ0v) is 20.8. The average molecular weight is 517 g/mol. The van der Waals surface area contributed by atoms with E-state index in [1.165, 1.54) is 45.4 Å². The van der Waals surface area contributed by atoms with E-state index < -0.39 is 37.9 Å². The van der Waals surface area contributed by atoms with Crippen LogP contribution in [0.15, 0.2) is 53.4 Å². The van der Waals surface area contributed by atoms with Gasteiger partial charge in [-0.3, -0.25) is 5.73 Å². The molecule has 7 N–H and O–H groups in total. The number of phenolic OH excluding ortho intramolecular Hbond substituents is 1. The fourth-order valence-electron chi connectivity index (χ4n) is 4.06. The molecule has 11 heteroatoms. The molecule has 3 aromatic carbocycles. The lowest BCUT2D eigenvalue weighted by Gasteiger charge is -2.23. The SMILES string of the molecule is COc1ccc(CCc2ccc(C(=O)O)c(S(N)(=O)=O)c2-c2cccc(C(C)(N)O)c2O)cc1OC. The summed E-state index contributed by atoms with van der Waals surface area (Å²) in [5.41, 5.74) is 4.31. The third kappa shape index (κ3) is 5.44. The molecule has 1 unspecified atom stereocenters. The Bertz CT molecular complexity index is 1410. The molecule has 10 nitrogen and oxygen atoms in total. The first-order valence-electron chi connectivity index (χ1n) is 10.8. The largest absolute Gasteiger partial charge is 0.507 e. The smallest absolute Gasteiger partial charge is 0.337 e. The molecule has 0 aliphatic rings. The first kappa shape index (κ1) is 27.0. The predicted molar refractivity (Wildman–Crippen MR) is 133 cm³/mol. The molecule has 0 aliphatic carbocycles. The fraction of sp³-hybridized carbons (Fsp3) is 0.240. The summed E-state index contributed by atoms with van der Waals surface area (Å²) in [5, 5.41) is 36.4. The van der Waals surface area contributed by atoms with Crippen molar-refractivity contribution in [2.45, 2.75) is 30.4 Å². The van der Waals surface area contributed by atoms with E-state index in [4.69, 9.17) is 20.3 Å². The monoisotopic (exact) mass is 516 g/mol. The molecule has 36 heavy (non-hydrogen) atoms. The number of hydrogen-bond donors (Lipinski definition) is 5. The Morgan fingerprint density at radius 1 is 1.03 bits per heavy atom. The van der Waals surface area contributed by atoms with Gasteiger partial charge in [-0.1, -0.05) is 30.3 Å². The normalized spacial score (nSPS) is 13.2. The number of ether oxygens (including phenoxy) is 2. The topological polar surface area (TPSA) is 182 Å². The fourth-order valence-corrected chi connectivity index (χ4v) is 5.05. The summed E-state index contributed by atoms with van der Waals surface area (Å²) in [6.45, 7) is 1.25. The highest BCUT2D eigenvalue weighted by molar-refractivity contribution is 7.89. The molecule has 3 rings (SSSR count). The number of phenols is 1. The number of benzene rings is 3. The first-order chi connectivity index (χ1) is 16.8. The van der Waals surface area contributed by atoms with E-state index in [1.807, 2.05) is 6.07 Å². The van der Waals surface area contributed by atoms with E-state index in [-0.39, 0.29) is 23.1 Å². The molecule has 3 aromatic rings. The number of hydrogen-bond acceptors (Lipinski definition) is 8.